The van der Waals surface area contributed by atoms with Gasteiger partial charge in [-0.3, -0.25) is 4.79 Å². The monoisotopic (exact) mass is 412 g/mol. The second-order valence-corrected chi connectivity index (χ2v) is 9.31. The number of nitrogens with zero attached hydrogens (tertiary/aromatic N) is 2. The molecule has 1 aliphatic heterocycles. The standard InChI is InChI=1S/C21H24N4O3S/c1-14(2)24-29(27,28)16-8-5-7-15(13-16)21(26)25-12-6-11-19(25)20-22-17-9-3-4-10-18(17)23-20/h3-5,7-10,13-14,19,24H,6,11-12H2,1-2H3,(H,22,23)/t19-/m0/s1. The fourth-order valence-corrected chi connectivity index (χ4v) is 5.06. The van der Waals surface area contributed by atoms with Crippen molar-refractivity contribution in [2.45, 2.75) is 43.7 Å². The Labute approximate surface area is 170 Å². The second-order valence-electron chi connectivity index (χ2n) is 7.60. The number of imidazole rings is 1. The summed E-state index contributed by atoms with van der Waals surface area (Å²) in [5, 5.41) is 0. The van der Waals surface area contributed by atoms with Crippen LogP contribution in [0.3, 0.4) is 0 Å². The highest BCUT2D eigenvalue weighted by molar-refractivity contribution is 7.89. The number of hydrogen-bond donors (Lipinski definition) is 2. The lowest BCUT2D eigenvalue weighted by molar-refractivity contribution is 0.0730. The van der Waals surface area contributed by atoms with Gasteiger partial charge in [-0.15, -0.1) is 0 Å². The predicted octanol–water partition coefficient (Wildman–Crippen LogP) is 3.23. The number of rotatable bonds is 5. The maximum absolute atomic E-state index is 13.2. The lowest BCUT2D eigenvalue weighted by Gasteiger charge is -2.23. The Morgan fingerprint density at radius 2 is 2.00 bits per heavy atom. The van der Waals surface area contributed by atoms with Crippen molar-refractivity contribution in [1.29, 1.82) is 0 Å². The van der Waals surface area contributed by atoms with Crippen molar-refractivity contribution in [3.63, 3.8) is 0 Å². The van der Waals surface area contributed by atoms with E-state index in [1.165, 1.54) is 12.1 Å². The molecule has 1 fully saturated rings. The summed E-state index contributed by atoms with van der Waals surface area (Å²) in [4.78, 5) is 23.1. The molecule has 1 aliphatic rings. The van der Waals surface area contributed by atoms with Crippen LogP contribution in [-0.2, 0) is 10.0 Å². The van der Waals surface area contributed by atoms with Crippen LogP contribution in [0.15, 0.2) is 53.4 Å². The zero-order valence-corrected chi connectivity index (χ0v) is 17.2. The van der Waals surface area contributed by atoms with Crippen LogP contribution in [0.1, 0.15) is 48.9 Å². The minimum atomic E-state index is -3.66. The summed E-state index contributed by atoms with van der Waals surface area (Å²) in [6.45, 7) is 4.13. The van der Waals surface area contributed by atoms with Crippen molar-refractivity contribution in [3.8, 4) is 0 Å². The van der Waals surface area contributed by atoms with Gasteiger partial charge in [-0.05, 0) is 57.0 Å². The van der Waals surface area contributed by atoms with Gasteiger partial charge < -0.3 is 9.88 Å². The van der Waals surface area contributed by atoms with E-state index in [4.69, 9.17) is 0 Å². The molecule has 0 saturated carbocycles. The number of amides is 1. The molecule has 2 heterocycles. The van der Waals surface area contributed by atoms with Gasteiger partial charge in [0.1, 0.15) is 5.82 Å². The summed E-state index contributed by atoms with van der Waals surface area (Å²) in [6, 6.07) is 13.6. The summed E-state index contributed by atoms with van der Waals surface area (Å²) in [7, 11) is -3.66. The van der Waals surface area contributed by atoms with Crippen LogP contribution in [-0.4, -0.2) is 41.8 Å². The van der Waals surface area contributed by atoms with E-state index in [1.807, 2.05) is 24.3 Å². The number of aromatic amines is 1. The lowest BCUT2D eigenvalue weighted by Crippen LogP contribution is -2.32. The number of aromatic nitrogens is 2. The second kappa shape index (κ2) is 7.61. The Morgan fingerprint density at radius 3 is 2.76 bits per heavy atom. The Balaban J connectivity index is 1.62. The summed E-state index contributed by atoms with van der Waals surface area (Å²) in [6.07, 6.45) is 1.69. The lowest BCUT2D eigenvalue weighted by atomic mass is 10.1. The van der Waals surface area contributed by atoms with E-state index in [1.54, 1.807) is 30.9 Å². The van der Waals surface area contributed by atoms with Crippen molar-refractivity contribution in [2.24, 2.45) is 0 Å². The number of nitrogens with one attached hydrogen (secondary N) is 2. The molecule has 1 saturated heterocycles. The molecular formula is C21H24N4O3S. The predicted molar refractivity (Wildman–Crippen MR) is 111 cm³/mol. The van der Waals surface area contributed by atoms with Gasteiger partial charge in [0.15, 0.2) is 0 Å². The van der Waals surface area contributed by atoms with Crippen LogP contribution >= 0.6 is 0 Å². The van der Waals surface area contributed by atoms with Gasteiger partial charge >= 0.3 is 0 Å². The van der Waals surface area contributed by atoms with Crippen LogP contribution < -0.4 is 4.72 Å². The van der Waals surface area contributed by atoms with Crippen molar-refractivity contribution in [2.75, 3.05) is 6.54 Å². The third-order valence-electron chi connectivity index (χ3n) is 5.02. The quantitative estimate of drug-likeness (QED) is 0.673. The maximum atomic E-state index is 13.2. The van der Waals surface area contributed by atoms with Gasteiger partial charge in [0, 0.05) is 18.2 Å². The molecule has 0 radical (unpaired) electrons. The number of benzene rings is 2. The third-order valence-corrected chi connectivity index (χ3v) is 6.68. The number of fused-ring (bicyclic) bond motifs is 1. The van der Waals surface area contributed by atoms with E-state index in [9.17, 15) is 13.2 Å². The first kappa shape index (κ1) is 19.6. The molecule has 1 atom stereocenters. The van der Waals surface area contributed by atoms with Gasteiger partial charge in [0.2, 0.25) is 10.0 Å². The van der Waals surface area contributed by atoms with Crippen molar-refractivity contribution in [3.05, 3.63) is 59.9 Å². The normalized spacial score (nSPS) is 17.3. The first-order chi connectivity index (χ1) is 13.8. The number of carbonyl (C=O) groups excluding carboxylic acids is 1. The first-order valence-corrected chi connectivity index (χ1v) is 11.2. The molecule has 1 amide bonds. The summed E-state index contributed by atoms with van der Waals surface area (Å²) in [5.74, 6) is 0.580. The van der Waals surface area contributed by atoms with E-state index >= 15 is 0 Å². The molecule has 2 aromatic carbocycles. The Bertz CT molecular complexity index is 1120. The van der Waals surface area contributed by atoms with Crippen LogP contribution in [0.5, 0.6) is 0 Å². The average Bonchev–Trinajstić information content (AvgIpc) is 3.33. The Hall–Kier alpha value is -2.71. The van der Waals surface area contributed by atoms with Crippen molar-refractivity contribution < 1.29 is 13.2 Å². The fraction of sp³-hybridized carbons (Fsp3) is 0.333. The summed E-state index contributed by atoms with van der Waals surface area (Å²) >= 11 is 0. The fourth-order valence-electron chi connectivity index (χ4n) is 3.76. The largest absolute Gasteiger partial charge is 0.340 e. The highest BCUT2D eigenvalue weighted by Crippen LogP contribution is 2.32. The number of hydrogen-bond acceptors (Lipinski definition) is 4. The molecule has 0 bridgehead atoms. The number of H-pyrrole nitrogens is 1. The minimum Gasteiger partial charge on any atom is -0.340 e. The van der Waals surface area contributed by atoms with E-state index < -0.39 is 10.0 Å². The molecule has 29 heavy (non-hydrogen) atoms. The van der Waals surface area contributed by atoms with Crippen LogP contribution in [0, 0.1) is 0 Å². The molecule has 0 spiro atoms. The summed E-state index contributed by atoms with van der Waals surface area (Å²) in [5.41, 5.74) is 2.17. The molecule has 1 aromatic heterocycles. The Morgan fingerprint density at radius 1 is 1.21 bits per heavy atom. The number of carbonyl (C=O) groups is 1. The van der Waals surface area contributed by atoms with E-state index in [0.29, 0.717) is 12.1 Å². The van der Waals surface area contributed by atoms with Crippen molar-refractivity contribution in [1.82, 2.24) is 19.6 Å². The zero-order chi connectivity index (χ0) is 20.6. The van der Waals surface area contributed by atoms with E-state index in [-0.39, 0.29) is 22.9 Å². The van der Waals surface area contributed by atoms with Crippen LogP contribution in [0.25, 0.3) is 11.0 Å². The van der Waals surface area contributed by atoms with Crippen LogP contribution in [0.4, 0.5) is 0 Å². The van der Waals surface area contributed by atoms with Gasteiger partial charge in [0.25, 0.3) is 5.91 Å². The third kappa shape index (κ3) is 3.90. The minimum absolute atomic E-state index is 0.0940. The average molecular weight is 413 g/mol. The van der Waals surface area contributed by atoms with E-state index in [2.05, 4.69) is 14.7 Å². The van der Waals surface area contributed by atoms with Gasteiger partial charge in [-0.2, -0.15) is 0 Å². The maximum Gasteiger partial charge on any atom is 0.254 e. The highest BCUT2D eigenvalue weighted by Gasteiger charge is 2.33. The SMILES string of the molecule is CC(C)NS(=O)(=O)c1cccc(C(=O)N2CCC[C@H]2c2nc3ccccc3[nH]2)c1. The molecule has 0 aliphatic carbocycles. The molecule has 2 N–H and O–H groups in total. The Kier molecular flexibility index (Phi) is 5.14. The molecule has 152 valence electrons. The molecule has 7 nitrogen and oxygen atoms in total. The first-order valence-electron chi connectivity index (χ1n) is 9.73. The smallest absolute Gasteiger partial charge is 0.254 e. The number of likely N-dealkylation sites (tertiary alicyclic amines) is 1. The van der Waals surface area contributed by atoms with Crippen LogP contribution in [0.2, 0.25) is 0 Å². The summed E-state index contributed by atoms with van der Waals surface area (Å²) < 4.78 is 27.5. The van der Waals surface area contributed by atoms with Gasteiger partial charge in [-0.25, -0.2) is 18.1 Å². The molecule has 4 rings (SSSR count). The number of para-hydroxylation sites is 2. The molecular weight excluding hydrogens is 388 g/mol. The van der Waals surface area contributed by atoms with Gasteiger partial charge in [-0.1, -0.05) is 18.2 Å². The zero-order valence-electron chi connectivity index (χ0n) is 16.4. The highest BCUT2D eigenvalue weighted by atomic mass is 32.2. The number of sulfonamides is 1. The molecule has 0 unspecified atom stereocenters. The molecule has 3 aromatic rings. The van der Waals surface area contributed by atoms with Gasteiger partial charge in [0.05, 0.1) is 22.0 Å². The molecule has 8 heteroatoms. The van der Waals surface area contributed by atoms with Crippen molar-refractivity contribution >= 4 is 27.0 Å². The topological polar surface area (TPSA) is 95.2 Å². The van der Waals surface area contributed by atoms with E-state index in [0.717, 1.165) is 29.7 Å².